The molecule has 0 spiro atoms. The molecule has 0 saturated heterocycles. The summed E-state index contributed by atoms with van der Waals surface area (Å²) in [6.07, 6.45) is 10.8. The largest absolute Gasteiger partial charge is 0.467 e. The number of amides is 1. The van der Waals surface area contributed by atoms with Crippen LogP contribution in [0.3, 0.4) is 0 Å². The van der Waals surface area contributed by atoms with Crippen molar-refractivity contribution in [1.82, 2.24) is 45.4 Å². The highest BCUT2D eigenvalue weighted by atomic mass is 16.5. The summed E-state index contributed by atoms with van der Waals surface area (Å²) >= 11 is 0. The minimum Gasteiger partial charge on any atom is -0.467 e. The molecule has 0 aliphatic heterocycles. The molecule has 0 unspecified atom stereocenters. The minimum absolute atomic E-state index is 0.114. The number of methoxy groups -OCH3 is 1. The zero-order valence-electron chi connectivity index (χ0n) is 21.7. The first kappa shape index (κ1) is 24.8. The Hall–Kier alpha value is -3.86. The van der Waals surface area contributed by atoms with E-state index in [-0.39, 0.29) is 17.9 Å². The van der Waals surface area contributed by atoms with Gasteiger partial charge >= 0.3 is 6.01 Å². The number of hydrogen-bond donors (Lipinski definition) is 3. The highest BCUT2D eigenvalue weighted by molar-refractivity contribution is 5.96. The molecule has 4 heterocycles. The molecular weight excluding hydrogens is 470 g/mol. The summed E-state index contributed by atoms with van der Waals surface area (Å²) in [6, 6.07) is 2.95. The lowest BCUT2D eigenvalue weighted by Gasteiger charge is -2.29. The molecular formula is C26H33N9O2. The Labute approximate surface area is 215 Å². The lowest BCUT2D eigenvalue weighted by Crippen LogP contribution is -2.42. The average Bonchev–Trinajstić information content (AvgIpc) is 3.56. The number of rotatable bonds is 8. The summed E-state index contributed by atoms with van der Waals surface area (Å²) < 4.78 is 6.76. The molecule has 0 aromatic carbocycles. The van der Waals surface area contributed by atoms with Crippen LogP contribution in [-0.4, -0.2) is 59.9 Å². The van der Waals surface area contributed by atoms with E-state index in [9.17, 15) is 4.79 Å². The maximum Gasteiger partial charge on any atom is 0.316 e. The maximum atomic E-state index is 13.3. The summed E-state index contributed by atoms with van der Waals surface area (Å²) in [5.74, 6) is -0.0142. The number of pyridine rings is 1. The van der Waals surface area contributed by atoms with Gasteiger partial charge in [-0.3, -0.25) is 9.89 Å². The molecule has 194 valence electrons. The minimum atomic E-state index is -0.128. The molecule has 4 aromatic rings. The van der Waals surface area contributed by atoms with Gasteiger partial charge < -0.3 is 15.4 Å². The number of aryl methyl sites for hydroxylation is 1. The predicted octanol–water partition coefficient (Wildman–Crippen LogP) is 3.18. The number of fused-ring (bicyclic) bond motifs is 1. The number of ether oxygens (including phenoxy) is 1. The van der Waals surface area contributed by atoms with Crippen molar-refractivity contribution < 1.29 is 9.53 Å². The number of aromatic nitrogens is 7. The summed E-state index contributed by atoms with van der Waals surface area (Å²) in [7, 11) is 1.56. The van der Waals surface area contributed by atoms with Crippen LogP contribution in [0, 0.1) is 6.92 Å². The van der Waals surface area contributed by atoms with Crippen LogP contribution in [0.15, 0.2) is 31.0 Å². The van der Waals surface area contributed by atoms with E-state index in [0.717, 1.165) is 59.3 Å². The second-order valence-electron chi connectivity index (χ2n) is 9.94. The van der Waals surface area contributed by atoms with Crippen LogP contribution in [0.1, 0.15) is 72.6 Å². The topological polar surface area (TPSA) is 135 Å². The van der Waals surface area contributed by atoms with Crippen molar-refractivity contribution >= 4 is 11.6 Å². The number of hydrogen-bond acceptors (Lipinski definition) is 8. The molecule has 3 N–H and O–H groups in total. The monoisotopic (exact) mass is 503 g/mol. The van der Waals surface area contributed by atoms with Gasteiger partial charge in [0.1, 0.15) is 6.33 Å². The lowest BCUT2D eigenvalue weighted by atomic mass is 9.90. The predicted molar refractivity (Wildman–Crippen MR) is 138 cm³/mol. The van der Waals surface area contributed by atoms with Gasteiger partial charge in [-0.2, -0.15) is 10.2 Å². The summed E-state index contributed by atoms with van der Waals surface area (Å²) in [5.41, 5.74) is 5.99. The van der Waals surface area contributed by atoms with E-state index in [0.29, 0.717) is 24.3 Å². The van der Waals surface area contributed by atoms with Gasteiger partial charge in [-0.05, 0) is 50.2 Å². The molecule has 4 aromatic heterocycles. The van der Waals surface area contributed by atoms with E-state index in [1.54, 1.807) is 30.3 Å². The van der Waals surface area contributed by atoms with E-state index >= 15 is 0 Å². The van der Waals surface area contributed by atoms with Gasteiger partial charge in [0.05, 0.1) is 12.8 Å². The summed E-state index contributed by atoms with van der Waals surface area (Å²) in [6.45, 7) is 6.87. The van der Waals surface area contributed by atoms with Gasteiger partial charge in [0, 0.05) is 53.9 Å². The van der Waals surface area contributed by atoms with Crippen LogP contribution in [0.5, 0.6) is 6.01 Å². The molecule has 37 heavy (non-hydrogen) atoms. The Bertz CT molecular complexity index is 1370. The number of nitrogens with zero attached hydrogens (tertiary/aromatic N) is 6. The van der Waals surface area contributed by atoms with Crippen molar-refractivity contribution in [2.24, 2.45) is 0 Å². The Morgan fingerprint density at radius 3 is 2.59 bits per heavy atom. The zero-order chi connectivity index (χ0) is 25.9. The Balaban J connectivity index is 1.21. The highest BCUT2D eigenvalue weighted by Crippen LogP contribution is 2.31. The second kappa shape index (κ2) is 10.6. The Kier molecular flexibility index (Phi) is 7.13. The van der Waals surface area contributed by atoms with E-state index in [1.807, 2.05) is 13.1 Å². The Morgan fingerprint density at radius 1 is 1.16 bits per heavy atom. The number of carbonyl (C=O) groups excluding carboxylic acids is 1. The van der Waals surface area contributed by atoms with Crippen LogP contribution in [0.25, 0.3) is 16.9 Å². The standard InChI is InChI=1S/C26H33N9O2/c1-15(2)21-22(18-9-16(3)24-30-14-31-35(24)13-18)33-34-23(21)25(36)32-20-7-5-19(6-8-20)27-10-17-11-28-26(37-4)29-12-17/h9,11-15,19-20,27H,5-8,10H2,1-4H3,(H,32,36)(H,33,34). The fourth-order valence-corrected chi connectivity index (χ4v) is 5.03. The van der Waals surface area contributed by atoms with Crippen molar-refractivity contribution in [3.8, 4) is 17.3 Å². The normalized spacial score (nSPS) is 17.9. The van der Waals surface area contributed by atoms with Crippen molar-refractivity contribution in [2.45, 2.75) is 71.0 Å². The molecule has 1 saturated carbocycles. The van der Waals surface area contributed by atoms with Crippen LogP contribution in [0.4, 0.5) is 0 Å². The van der Waals surface area contributed by atoms with Gasteiger partial charge in [-0.25, -0.2) is 19.5 Å². The smallest absolute Gasteiger partial charge is 0.316 e. The molecule has 5 rings (SSSR count). The van der Waals surface area contributed by atoms with Crippen molar-refractivity contribution in [3.05, 3.63) is 53.4 Å². The lowest BCUT2D eigenvalue weighted by molar-refractivity contribution is 0.0917. The van der Waals surface area contributed by atoms with Gasteiger partial charge in [-0.1, -0.05) is 13.8 Å². The second-order valence-corrected chi connectivity index (χ2v) is 9.94. The molecule has 11 nitrogen and oxygen atoms in total. The number of carbonyl (C=O) groups is 1. The molecule has 0 atom stereocenters. The third-order valence-electron chi connectivity index (χ3n) is 6.97. The van der Waals surface area contributed by atoms with Crippen molar-refractivity contribution in [1.29, 1.82) is 0 Å². The van der Waals surface area contributed by atoms with E-state index in [4.69, 9.17) is 4.74 Å². The fraction of sp³-hybridized carbons (Fsp3) is 0.462. The third kappa shape index (κ3) is 5.31. The van der Waals surface area contributed by atoms with Crippen LogP contribution < -0.4 is 15.4 Å². The van der Waals surface area contributed by atoms with Crippen molar-refractivity contribution in [3.63, 3.8) is 0 Å². The molecule has 11 heteroatoms. The van der Waals surface area contributed by atoms with Gasteiger partial charge in [0.25, 0.3) is 5.91 Å². The number of H-pyrrole nitrogens is 1. The maximum absolute atomic E-state index is 13.3. The fourth-order valence-electron chi connectivity index (χ4n) is 5.03. The van der Waals surface area contributed by atoms with Crippen LogP contribution in [-0.2, 0) is 6.54 Å². The average molecular weight is 504 g/mol. The molecule has 0 radical (unpaired) electrons. The molecule has 1 fully saturated rings. The van der Waals surface area contributed by atoms with Gasteiger partial charge in [0.2, 0.25) is 0 Å². The molecule has 0 bridgehead atoms. The molecule has 1 amide bonds. The molecule has 1 aliphatic carbocycles. The van der Waals surface area contributed by atoms with Crippen LogP contribution in [0.2, 0.25) is 0 Å². The first-order chi connectivity index (χ1) is 17.9. The van der Waals surface area contributed by atoms with Crippen LogP contribution >= 0.6 is 0 Å². The Morgan fingerprint density at radius 2 is 1.89 bits per heavy atom. The van der Waals surface area contributed by atoms with Gasteiger partial charge in [-0.15, -0.1) is 0 Å². The summed E-state index contributed by atoms with van der Waals surface area (Å²) in [4.78, 5) is 25.9. The first-order valence-corrected chi connectivity index (χ1v) is 12.7. The molecule has 1 aliphatic rings. The quantitative estimate of drug-likeness (QED) is 0.334. The number of nitrogens with one attached hydrogen (secondary N) is 3. The van der Waals surface area contributed by atoms with E-state index < -0.39 is 0 Å². The SMILES string of the molecule is COc1ncc(CNC2CCC(NC(=O)c3n[nH]c(-c4cc(C)c5ncnn5c4)c3C(C)C)CC2)cn1. The van der Waals surface area contributed by atoms with E-state index in [1.165, 1.54) is 0 Å². The van der Waals surface area contributed by atoms with Gasteiger partial charge in [0.15, 0.2) is 11.3 Å². The van der Waals surface area contributed by atoms with Crippen molar-refractivity contribution in [2.75, 3.05) is 7.11 Å². The first-order valence-electron chi connectivity index (χ1n) is 12.7. The zero-order valence-corrected chi connectivity index (χ0v) is 21.7. The summed E-state index contributed by atoms with van der Waals surface area (Å²) in [5, 5.41) is 18.7. The highest BCUT2D eigenvalue weighted by Gasteiger charge is 2.27. The number of aromatic amines is 1. The van der Waals surface area contributed by atoms with E-state index in [2.05, 4.69) is 60.8 Å². The third-order valence-corrected chi connectivity index (χ3v) is 6.97.